The number of nitrogens with two attached hydrogens (primary N) is 1. The van der Waals surface area contributed by atoms with E-state index in [4.69, 9.17) is 5.73 Å². The summed E-state index contributed by atoms with van der Waals surface area (Å²) in [5.74, 6) is 0. The van der Waals surface area contributed by atoms with Gasteiger partial charge in [0.15, 0.2) is 0 Å². The molecule has 0 amide bonds. The molecule has 2 N–H and O–H groups in total. The van der Waals surface area contributed by atoms with E-state index in [1.165, 1.54) is 11.1 Å². The van der Waals surface area contributed by atoms with Crippen LogP contribution in [0.25, 0.3) is 10.4 Å². The maximum Gasteiger partial charge on any atom is 0.125 e. The molecule has 0 aliphatic carbocycles. The summed E-state index contributed by atoms with van der Waals surface area (Å²) in [5.41, 5.74) is 8.05. The van der Waals surface area contributed by atoms with Gasteiger partial charge < -0.3 is 5.73 Å². The molecule has 15 heavy (non-hydrogen) atoms. The molecular formula is C11H11BrN2S. The molecule has 0 saturated heterocycles. The highest BCUT2D eigenvalue weighted by molar-refractivity contribution is 9.10. The summed E-state index contributed by atoms with van der Waals surface area (Å²) in [4.78, 5) is 5.52. The highest BCUT2D eigenvalue weighted by Gasteiger charge is 2.11. The minimum absolute atomic E-state index is 0.495. The molecule has 0 radical (unpaired) electrons. The van der Waals surface area contributed by atoms with Crippen molar-refractivity contribution in [3.05, 3.63) is 39.4 Å². The molecule has 1 aromatic carbocycles. The lowest BCUT2D eigenvalue weighted by atomic mass is 10.1. The van der Waals surface area contributed by atoms with Gasteiger partial charge in [0, 0.05) is 6.54 Å². The van der Waals surface area contributed by atoms with Gasteiger partial charge in [0.05, 0.1) is 4.88 Å². The maximum absolute atomic E-state index is 5.58. The Kier molecular flexibility index (Phi) is 3.19. The van der Waals surface area contributed by atoms with Crippen molar-refractivity contribution in [2.45, 2.75) is 13.5 Å². The number of benzene rings is 1. The molecule has 78 valence electrons. The van der Waals surface area contributed by atoms with Crippen molar-refractivity contribution in [3.8, 4) is 10.4 Å². The van der Waals surface area contributed by atoms with Crippen LogP contribution < -0.4 is 5.73 Å². The van der Waals surface area contributed by atoms with Crippen LogP contribution in [0, 0.1) is 6.92 Å². The molecule has 2 aromatic rings. The van der Waals surface area contributed by atoms with E-state index in [1.54, 1.807) is 11.3 Å². The van der Waals surface area contributed by atoms with Crippen LogP contribution in [0.4, 0.5) is 0 Å². The van der Waals surface area contributed by atoms with Gasteiger partial charge in [-0.1, -0.05) is 24.3 Å². The molecule has 0 spiro atoms. The monoisotopic (exact) mass is 282 g/mol. The summed E-state index contributed by atoms with van der Waals surface area (Å²) in [5, 5.41) is 0.958. The lowest BCUT2D eigenvalue weighted by Gasteiger charge is -2.01. The zero-order valence-electron chi connectivity index (χ0n) is 8.33. The minimum Gasteiger partial charge on any atom is -0.325 e. The van der Waals surface area contributed by atoms with Gasteiger partial charge >= 0.3 is 0 Å². The fourth-order valence-electron chi connectivity index (χ4n) is 1.42. The zero-order valence-corrected chi connectivity index (χ0v) is 10.7. The van der Waals surface area contributed by atoms with Gasteiger partial charge in [0.25, 0.3) is 0 Å². The number of hydrogen-bond acceptors (Lipinski definition) is 3. The second kappa shape index (κ2) is 4.43. The van der Waals surface area contributed by atoms with Gasteiger partial charge in [0.2, 0.25) is 0 Å². The summed E-state index contributed by atoms with van der Waals surface area (Å²) in [6.07, 6.45) is 0. The summed E-state index contributed by atoms with van der Waals surface area (Å²) < 4.78 is 0.891. The molecule has 0 aliphatic rings. The molecule has 2 rings (SSSR count). The predicted octanol–water partition coefficient (Wildman–Crippen LogP) is 3.34. The smallest absolute Gasteiger partial charge is 0.125 e. The number of nitrogens with zero attached hydrogens (tertiary/aromatic N) is 1. The van der Waals surface area contributed by atoms with Crippen molar-refractivity contribution >= 4 is 27.3 Å². The van der Waals surface area contributed by atoms with Crippen LogP contribution >= 0.6 is 27.3 Å². The SMILES string of the molecule is Cc1ccccc1-c1sc(CN)nc1Br. The molecule has 2 nitrogen and oxygen atoms in total. The van der Waals surface area contributed by atoms with Crippen LogP contribution in [0.2, 0.25) is 0 Å². The Hall–Kier alpha value is -0.710. The third-order valence-electron chi connectivity index (χ3n) is 2.19. The maximum atomic E-state index is 5.58. The van der Waals surface area contributed by atoms with Crippen molar-refractivity contribution in [1.82, 2.24) is 4.98 Å². The highest BCUT2D eigenvalue weighted by atomic mass is 79.9. The average Bonchev–Trinajstić information content (AvgIpc) is 2.60. The number of aryl methyl sites for hydroxylation is 1. The van der Waals surface area contributed by atoms with Gasteiger partial charge in [0.1, 0.15) is 9.61 Å². The standard InChI is InChI=1S/C11H11BrN2S/c1-7-4-2-3-5-8(7)10-11(12)14-9(6-13)15-10/h2-5H,6,13H2,1H3. The van der Waals surface area contributed by atoms with Crippen LogP contribution in [0.1, 0.15) is 10.6 Å². The van der Waals surface area contributed by atoms with E-state index in [0.717, 1.165) is 14.5 Å². The molecule has 0 unspecified atom stereocenters. The van der Waals surface area contributed by atoms with Crippen LogP contribution in [0.15, 0.2) is 28.9 Å². The second-order valence-electron chi connectivity index (χ2n) is 3.25. The molecule has 0 bridgehead atoms. The molecular weight excluding hydrogens is 272 g/mol. The molecule has 0 saturated carbocycles. The normalized spacial score (nSPS) is 10.6. The Labute approximate surface area is 101 Å². The van der Waals surface area contributed by atoms with E-state index in [9.17, 15) is 0 Å². The van der Waals surface area contributed by atoms with Gasteiger partial charge in [-0.3, -0.25) is 0 Å². The molecule has 0 fully saturated rings. The largest absolute Gasteiger partial charge is 0.325 e. The van der Waals surface area contributed by atoms with E-state index in [-0.39, 0.29) is 0 Å². The minimum atomic E-state index is 0.495. The zero-order chi connectivity index (χ0) is 10.8. The van der Waals surface area contributed by atoms with E-state index in [1.807, 2.05) is 12.1 Å². The highest BCUT2D eigenvalue weighted by Crippen LogP contribution is 2.35. The number of aromatic nitrogens is 1. The number of thiazole rings is 1. The van der Waals surface area contributed by atoms with Crippen molar-refractivity contribution in [1.29, 1.82) is 0 Å². The number of rotatable bonds is 2. The summed E-state index contributed by atoms with van der Waals surface area (Å²) >= 11 is 5.12. The third-order valence-corrected chi connectivity index (χ3v) is 4.14. The number of halogens is 1. The van der Waals surface area contributed by atoms with E-state index in [2.05, 4.69) is 40.0 Å². The van der Waals surface area contributed by atoms with Gasteiger partial charge in [-0.25, -0.2) is 4.98 Å². The van der Waals surface area contributed by atoms with Gasteiger partial charge in [-0.15, -0.1) is 11.3 Å². The number of hydrogen-bond donors (Lipinski definition) is 1. The van der Waals surface area contributed by atoms with E-state index >= 15 is 0 Å². The first-order chi connectivity index (χ1) is 7.22. The Morgan fingerprint density at radius 1 is 1.40 bits per heavy atom. The van der Waals surface area contributed by atoms with Crippen LogP contribution in [0.5, 0.6) is 0 Å². The summed E-state index contributed by atoms with van der Waals surface area (Å²) in [6.45, 7) is 2.60. The summed E-state index contributed by atoms with van der Waals surface area (Å²) in [7, 11) is 0. The molecule has 0 aliphatic heterocycles. The lowest BCUT2D eigenvalue weighted by molar-refractivity contribution is 1.03. The quantitative estimate of drug-likeness (QED) is 0.918. The van der Waals surface area contributed by atoms with Crippen molar-refractivity contribution in [3.63, 3.8) is 0 Å². The average molecular weight is 283 g/mol. The van der Waals surface area contributed by atoms with Crippen LogP contribution in [-0.4, -0.2) is 4.98 Å². The van der Waals surface area contributed by atoms with Crippen LogP contribution in [0.3, 0.4) is 0 Å². The Morgan fingerprint density at radius 2 is 2.13 bits per heavy atom. The van der Waals surface area contributed by atoms with Gasteiger partial charge in [-0.2, -0.15) is 0 Å². The van der Waals surface area contributed by atoms with Crippen molar-refractivity contribution in [2.24, 2.45) is 5.73 Å². The Morgan fingerprint density at radius 3 is 2.73 bits per heavy atom. The van der Waals surface area contributed by atoms with Crippen molar-refractivity contribution < 1.29 is 0 Å². The third kappa shape index (κ3) is 2.12. The second-order valence-corrected chi connectivity index (χ2v) is 5.08. The van der Waals surface area contributed by atoms with Gasteiger partial charge in [-0.05, 0) is 34.0 Å². The molecule has 1 aromatic heterocycles. The first-order valence-electron chi connectivity index (χ1n) is 4.63. The topological polar surface area (TPSA) is 38.9 Å². The molecule has 4 heteroatoms. The first kappa shape index (κ1) is 10.8. The van der Waals surface area contributed by atoms with E-state index in [0.29, 0.717) is 6.54 Å². The summed E-state index contributed by atoms with van der Waals surface area (Å²) in [6, 6.07) is 8.28. The first-order valence-corrected chi connectivity index (χ1v) is 6.24. The fourth-order valence-corrected chi connectivity index (χ4v) is 3.14. The van der Waals surface area contributed by atoms with Crippen molar-refractivity contribution in [2.75, 3.05) is 0 Å². The predicted molar refractivity (Wildman–Crippen MR) is 67.9 cm³/mol. The van der Waals surface area contributed by atoms with E-state index < -0.39 is 0 Å². The molecule has 1 heterocycles. The lowest BCUT2D eigenvalue weighted by Crippen LogP contribution is -1.93. The molecule has 0 atom stereocenters. The van der Waals surface area contributed by atoms with Crippen LogP contribution in [-0.2, 0) is 6.54 Å². The Bertz CT molecular complexity index is 479. The Balaban J connectivity index is 2.54. The fraction of sp³-hybridized carbons (Fsp3) is 0.182.